The van der Waals surface area contributed by atoms with Crippen molar-refractivity contribution in [3.05, 3.63) is 36.0 Å². The highest BCUT2D eigenvalue weighted by Crippen LogP contribution is 2.34. The number of amides is 1. The third kappa shape index (κ3) is 3.05. The van der Waals surface area contributed by atoms with E-state index in [0.29, 0.717) is 11.8 Å². The van der Waals surface area contributed by atoms with E-state index in [2.05, 4.69) is 52.5 Å². The van der Waals surface area contributed by atoms with E-state index in [0.717, 1.165) is 38.0 Å². The van der Waals surface area contributed by atoms with Gasteiger partial charge in [0, 0.05) is 23.7 Å². The highest BCUT2D eigenvalue weighted by molar-refractivity contribution is 5.85. The minimum absolute atomic E-state index is 0. The van der Waals surface area contributed by atoms with Crippen LogP contribution in [-0.4, -0.2) is 35.4 Å². The SMILES string of the molecule is CC(C(=O)N1CCCCC1c1cc2ccccc2[nH]1)C1CNC1.Cl. The van der Waals surface area contributed by atoms with Gasteiger partial charge in [0.15, 0.2) is 0 Å². The van der Waals surface area contributed by atoms with E-state index < -0.39 is 0 Å². The Morgan fingerprint density at radius 1 is 1.25 bits per heavy atom. The molecular weight excluding hydrogens is 322 g/mol. The molecular formula is C19H26ClN3O. The highest BCUT2D eigenvalue weighted by atomic mass is 35.5. The van der Waals surface area contributed by atoms with Gasteiger partial charge in [-0.25, -0.2) is 0 Å². The molecule has 1 amide bonds. The van der Waals surface area contributed by atoms with E-state index in [1.165, 1.54) is 17.5 Å². The Labute approximate surface area is 149 Å². The molecule has 2 N–H and O–H groups in total. The van der Waals surface area contributed by atoms with Gasteiger partial charge < -0.3 is 15.2 Å². The van der Waals surface area contributed by atoms with Crippen molar-refractivity contribution in [2.45, 2.75) is 32.2 Å². The Morgan fingerprint density at radius 2 is 2.04 bits per heavy atom. The van der Waals surface area contributed by atoms with Crippen LogP contribution in [0, 0.1) is 11.8 Å². The summed E-state index contributed by atoms with van der Waals surface area (Å²) < 4.78 is 0. The lowest BCUT2D eigenvalue weighted by Gasteiger charge is -2.40. The third-order valence-corrected chi connectivity index (χ3v) is 5.61. The summed E-state index contributed by atoms with van der Waals surface area (Å²) in [6.45, 7) is 4.96. The Kier molecular flexibility index (Phi) is 5.16. The molecule has 2 unspecified atom stereocenters. The molecule has 2 fully saturated rings. The predicted molar refractivity (Wildman–Crippen MR) is 99.4 cm³/mol. The summed E-state index contributed by atoms with van der Waals surface area (Å²) >= 11 is 0. The first-order valence-electron chi connectivity index (χ1n) is 8.83. The van der Waals surface area contributed by atoms with Crippen LogP contribution < -0.4 is 5.32 Å². The van der Waals surface area contributed by atoms with E-state index >= 15 is 0 Å². The standard InChI is InChI=1S/C19H25N3O.ClH/c1-13(15-11-20-12-15)19(23)22-9-5-4-8-18(22)17-10-14-6-2-3-7-16(14)21-17;/h2-3,6-7,10,13,15,18,20-21H,4-5,8-9,11-12H2,1H3;1H. The van der Waals surface area contributed by atoms with E-state index in [1.807, 2.05) is 0 Å². The lowest BCUT2D eigenvalue weighted by molar-refractivity contribution is -0.141. The summed E-state index contributed by atoms with van der Waals surface area (Å²) in [6, 6.07) is 10.8. The number of carbonyl (C=O) groups excluding carboxylic acids is 1. The van der Waals surface area contributed by atoms with Crippen LogP contribution in [-0.2, 0) is 4.79 Å². The number of aromatic nitrogens is 1. The van der Waals surface area contributed by atoms with E-state index in [9.17, 15) is 4.79 Å². The molecule has 24 heavy (non-hydrogen) atoms. The third-order valence-electron chi connectivity index (χ3n) is 5.61. The monoisotopic (exact) mass is 347 g/mol. The Morgan fingerprint density at radius 3 is 2.75 bits per heavy atom. The quantitative estimate of drug-likeness (QED) is 0.892. The summed E-state index contributed by atoms with van der Waals surface area (Å²) in [4.78, 5) is 18.7. The highest BCUT2D eigenvalue weighted by Gasteiger charge is 2.36. The first kappa shape index (κ1) is 17.3. The molecule has 2 aliphatic heterocycles. The van der Waals surface area contributed by atoms with Crippen molar-refractivity contribution < 1.29 is 4.79 Å². The van der Waals surface area contributed by atoms with Crippen LogP contribution in [0.2, 0.25) is 0 Å². The molecule has 0 saturated carbocycles. The number of para-hydroxylation sites is 1. The summed E-state index contributed by atoms with van der Waals surface area (Å²) in [7, 11) is 0. The Hall–Kier alpha value is -1.52. The molecule has 4 nitrogen and oxygen atoms in total. The van der Waals surface area contributed by atoms with Crippen molar-refractivity contribution in [3.8, 4) is 0 Å². The van der Waals surface area contributed by atoms with Gasteiger partial charge in [0.2, 0.25) is 5.91 Å². The smallest absolute Gasteiger partial charge is 0.226 e. The number of piperidine rings is 1. The molecule has 4 rings (SSSR count). The zero-order valence-corrected chi connectivity index (χ0v) is 14.9. The van der Waals surface area contributed by atoms with Gasteiger partial charge in [-0.05, 0) is 55.8 Å². The number of hydrogen-bond donors (Lipinski definition) is 2. The number of hydrogen-bond acceptors (Lipinski definition) is 2. The number of benzene rings is 1. The summed E-state index contributed by atoms with van der Waals surface area (Å²) in [5.74, 6) is 0.967. The maximum absolute atomic E-state index is 13.0. The van der Waals surface area contributed by atoms with Crippen LogP contribution in [0.1, 0.15) is 37.9 Å². The van der Waals surface area contributed by atoms with Crippen LogP contribution in [0.4, 0.5) is 0 Å². The van der Waals surface area contributed by atoms with Gasteiger partial charge in [0.05, 0.1) is 6.04 Å². The number of halogens is 1. The number of nitrogens with zero attached hydrogens (tertiary/aromatic N) is 1. The lowest BCUT2D eigenvalue weighted by Crippen LogP contribution is -2.51. The molecule has 0 radical (unpaired) electrons. The molecule has 2 saturated heterocycles. The first-order valence-corrected chi connectivity index (χ1v) is 8.83. The Bertz CT molecular complexity index is 676. The summed E-state index contributed by atoms with van der Waals surface area (Å²) in [5.41, 5.74) is 2.36. The second-order valence-electron chi connectivity index (χ2n) is 7.06. The fourth-order valence-electron chi connectivity index (χ4n) is 3.92. The molecule has 0 bridgehead atoms. The van der Waals surface area contributed by atoms with Crippen molar-refractivity contribution >= 4 is 29.2 Å². The van der Waals surface area contributed by atoms with Crippen LogP contribution in [0.5, 0.6) is 0 Å². The van der Waals surface area contributed by atoms with Crippen molar-refractivity contribution in [3.63, 3.8) is 0 Å². The van der Waals surface area contributed by atoms with Crippen molar-refractivity contribution in [2.75, 3.05) is 19.6 Å². The summed E-state index contributed by atoms with van der Waals surface area (Å²) in [5, 5.41) is 4.52. The molecule has 0 spiro atoms. The first-order chi connectivity index (χ1) is 11.2. The number of aromatic amines is 1. The van der Waals surface area contributed by atoms with Crippen molar-refractivity contribution in [2.24, 2.45) is 11.8 Å². The molecule has 5 heteroatoms. The largest absolute Gasteiger partial charge is 0.357 e. The molecule has 2 aromatic rings. The lowest BCUT2D eigenvalue weighted by atomic mass is 9.86. The van der Waals surface area contributed by atoms with Gasteiger partial charge in [-0.1, -0.05) is 25.1 Å². The molecule has 1 aromatic heterocycles. The number of likely N-dealkylation sites (tertiary alicyclic amines) is 1. The van der Waals surface area contributed by atoms with Gasteiger partial charge >= 0.3 is 0 Å². The zero-order chi connectivity index (χ0) is 15.8. The average Bonchev–Trinajstić information content (AvgIpc) is 2.96. The van der Waals surface area contributed by atoms with Gasteiger partial charge in [0.1, 0.15) is 0 Å². The number of carbonyl (C=O) groups is 1. The van der Waals surface area contributed by atoms with Crippen LogP contribution in [0.3, 0.4) is 0 Å². The minimum atomic E-state index is 0. The topological polar surface area (TPSA) is 48.1 Å². The maximum atomic E-state index is 13.0. The number of nitrogens with one attached hydrogen (secondary N) is 2. The van der Waals surface area contributed by atoms with Gasteiger partial charge in [0.25, 0.3) is 0 Å². The number of rotatable bonds is 3. The fraction of sp³-hybridized carbons (Fsp3) is 0.526. The van der Waals surface area contributed by atoms with E-state index in [4.69, 9.17) is 0 Å². The van der Waals surface area contributed by atoms with E-state index in [1.54, 1.807) is 0 Å². The fourth-order valence-corrected chi connectivity index (χ4v) is 3.92. The zero-order valence-electron chi connectivity index (χ0n) is 14.1. The summed E-state index contributed by atoms with van der Waals surface area (Å²) in [6.07, 6.45) is 3.38. The maximum Gasteiger partial charge on any atom is 0.226 e. The molecule has 1 aromatic carbocycles. The van der Waals surface area contributed by atoms with Gasteiger partial charge in [-0.2, -0.15) is 0 Å². The normalized spacial score (nSPS) is 22.7. The second kappa shape index (κ2) is 7.16. The molecule has 2 aliphatic rings. The van der Waals surface area contributed by atoms with Crippen molar-refractivity contribution in [1.29, 1.82) is 0 Å². The molecule has 130 valence electrons. The predicted octanol–water partition coefficient (Wildman–Crippen LogP) is 3.50. The van der Waals surface area contributed by atoms with Crippen LogP contribution in [0.25, 0.3) is 10.9 Å². The molecule has 3 heterocycles. The van der Waals surface area contributed by atoms with Crippen LogP contribution >= 0.6 is 12.4 Å². The minimum Gasteiger partial charge on any atom is -0.357 e. The average molecular weight is 348 g/mol. The number of H-pyrrole nitrogens is 1. The van der Waals surface area contributed by atoms with Gasteiger partial charge in [-0.15, -0.1) is 12.4 Å². The second-order valence-corrected chi connectivity index (χ2v) is 7.06. The molecule has 2 atom stereocenters. The number of fused-ring (bicyclic) bond motifs is 1. The Balaban J connectivity index is 0.00000169. The molecule has 0 aliphatic carbocycles. The van der Waals surface area contributed by atoms with Crippen molar-refractivity contribution in [1.82, 2.24) is 15.2 Å². The van der Waals surface area contributed by atoms with E-state index in [-0.39, 0.29) is 24.4 Å². The van der Waals surface area contributed by atoms with Crippen LogP contribution in [0.15, 0.2) is 30.3 Å². The van der Waals surface area contributed by atoms with Gasteiger partial charge in [-0.3, -0.25) is 4.79 Å².